The average Bonchev–Trinajstić information content (AvgIpc) is 2.56. The zero-order valence-electron chi connectivity index (χ0n) is 12.9. The third-order valence-corrected chi connectivity index (χ3v) is 3.36. The van der Waals surface area contributed by atoms with E-state index in [0.717, 1.165) is 19.3 Å². The van der Waals surface area contributed by atoms with Gasteiger partial charge in [0, 0.05) is 5.69 Å². The summed E-state index contributed by atoms with van der Waals surface area (Å²) in [7, 11) is 0. The molecule has 2 aromatic carbocycles. The highest BCUT2D eigenvalue weighted by molar-refractivity contribution is 6.43. The van der Waals surface area contributed by atoms with Crippen molar-refractivity contribution in [2.75, 3.05) is 10.6 Å². The van der Waals surface area contributed by atoms with E-state index in [9.17, 15) is 14.0 Å². The first kappa shape index (κ1) is 16.7. The summed E-state index contributed by atoms with van der Waals surface area (Å²) in [5.74, 6) is -2.34. The molecule has 2 aromatic rings. The van der Waals surface area contributed by atoms with Crippen LogP contribution >= 0.6 is 0 Å². The van der Waals surface area contributed by atoms with Gasteiger partial charge in [0.25, 0.3) is 0 Å². The number of hydrogen-bond donors (Lipinski definition) is 2. The van der Waals surface area contributed by atoms with E-state index in [4.69, 9.17) is 0 Å². The topological polar surface area (TPSA) is 58.2 Å². The Balaban J connectivity index is 1.93. The summed E-state index contributed by atoms with van der Waals surface area (Å²) in [5, 5.41) is 4.73. The second-order valence-electron chi connectivity index (χ2n) is 5.19. The second kappa shape index (κ2) is 8.08. The first-order chi connectivity index (χ1) is 11.1. The van der Waals surface area contributed by atoms with Crippen molar-refractivity contribution in [1.82, 2.24) is 0 Å². The fraction of sp³-hybridized carbons (Fsp3) is 0.222. The first-order valence-electron chi connectivity index (χ1n) is 7.56. The van der Waals surface area contributed by atoms with Gasteiger partial charge in [-0.05, 0) is 42.7 Å². The minimum atomic E-state index is -0.912. The smallest absolute Gasteiger partial charge is 0.314 e. The van der Waals surface area contributed by atoms with Crippen molar-refractivity contribution in [3.05, 3.63) is 59.9 Å². The number of aryl methyl sites for hydroxylation is 1. The quantitative estimate of drug-likeness (QED) is 0.826. The van der Waals surface area contributed by atoms with E-state index in [-0.39, 0.29) is 5.69 Å². The van der Waals surface area contributed by atoms with Gasteiger partial charge in [-0.15, -0.1) is 0 Å². The number of halogens is 1. The average molecular weight is 314 g/mol. The molecule has 5 heteroatoms. The lowest BCUT2D eigenvalue weighted by atomic mass is 10.1. The van der Waals surface area contributed by atoms with Crippen LogP contribution in [-0.4, -0.2) is 11.8 Å². The van der Waals surface area contributed by atoms with Gasteiger partial charge < -0.3 is 10.6 Å². The van der Waals surface area contributed by atoms with Gasteiger partial charge in [0.1, 0.15) is 5.82 Å². The molecular weight excluding hydrogens is 295 g/mol. The number of anilines is 2. The van der Waals surface area contributed by atoms with Crippen molar-refractivity contribution in [2.45, 2.75) is 26.2 Å². The minimum absolute atomic E-state index is 0.0254. The lowest BCUT2D eigenvalue weighted by Crippen LogP contribution is -2.29. The number of amides is 2. The Hall–Kier alpha value is -2.69. The van der Waals surface area contributed by atoms with Crippen LogP contribution in [0, 0.1) is 5.82 Å². The van der Waals surface area contributed by atoms with Crippen molar-refractivity contribution in [2.24, 2.45) is 0 Å². The Kier molecular flexibility index (Phi) is 5.86. The van der Waals surface area contributed by atoms with Crippen LogP contribution in [0.2, 0.25) is 0 Å². The van der Waals surface area contributed by atoms with Crippen molar-refractivity contribution in [3.63, 3.8) is 0 Å². The highest BCUT2D eigenvalue weighted by Crippen LogP contribution is 2.14. The lowest BCUT2D eigenvalue weighted by molar-refractivity contribution is -0.133. The monoisotopic (exact) mass is 314 g/mol. The van der Waals surface area contributed by atoms with Crippen LogP contribution in [0.15, 0.2) is 48.5 Å². The summed E-state index contributed by atoms with van der Waals surface area (Å²) >= 11 is 0. The van der Waals surface area contributed by atoms with Crippen LogP contribution in [0.5, 0.6) is 0 Å². The molecule has 120 valence electrons. The van der Waals surface area contributed by atoms with E-state index < -0.39 is 17.6 Å². The maximum Gasteiger partial charge on any atom is 0.314 e. The van der Waals surface area contributed by atoms with Crippen molar-refractivity contribution >= 4 is 23.2 Å². The van der Waals surface area contributed by atoms with Crippen LogP contribution in [0.4, 0.5) is 15.8 Å². The SMILES string of the molecule is CCCCc1ccc(NC(=O)C(=O)Nc2ccccc2F)cc1. The molecule has 0 saturated heterocycles. The third-order valence-electron chi connectivity index (χ3n) is 3.36. The Bertz CT molecular complexity index is 684. The predicted octanol–water partition coefficient (Wildman–Crippen LogP) is 3.75. The molecule has 0 spiro atoms. The predicted molar refractivity (Wildman–Crippen MR) is 88.7 cm³/mol. The second-order valence-corrected chi connectivity index (χ2v) is 5.19. The lowest BCUT2D eigenvalue weighted by Gasteiger charge is -2.08. The summed E-state index contributed by atoms with van der Waals surface area (Å²) in [4.78, 5) is 23.6. The molecule has 0 aromatic heterocycles. The number of nitrogens with one attached hydrogen (secondary N) is 2. The Labute approximate surface area is 134 Å². The van der Waals surface area contributed by atoms with Gasteiger partial charge in [0.05, 0.1) is 5.69 Å². The molecular formula is C18H19FN2O2. The van der Waals surface area contributed by atoms with Crippen LogP contribution in [-0.2, 0) is 16.0 Å². The van der Waals surface area contributed by atoms with Crippen molar-refractivity contribution in [3.8, 4) is 0 Å². The number of unbranched alkanes of at least 4 members (excludes halogenated alkanes) is 1. The van der Waals surface area contributed by atoms with E-state index in [1.165, 1.54) is 23.8 Å². The molecule has 2 N–H and O–H groups in total. The number of carbonyl (C=O) groups is 2. The molecule has 0 atom stereocenters. The van der Waals surface area contributed by atoms with Crippen LogP contribution in [0.25, 0.3) is 0 Å². The number of hydrogen-bond acceptors (Lipinski definition) is 2. The molecule has 0 fully saturated rings. The summed E-state index contributed by atoms with van der Waals surface area (Å²) in [5.41, 5.74) is 1.68. The molecule has 0 bridgehead atoms. The van der Waals surface area contributed by atoms with Crippen molar-refractivity contribution < 1.29 is 14.0 Å². The number of carbonyl (C=O) groups excluding carboxylic acids is 2. The van der Waals surface area contributed by atoms with E-state index in [2.05, 4.69) is 17.6 Å². The summed E-state index contributed by atoms with van der Waals surface area (Å²) in [6.45, 7) is 2.13. The maximum absolute atomic E-state index is 13.4. The number of benzene rings is 2. The molecule has 2 amide bonds. The largest absolute Gasteiger partial charge is 0.318 e. The van der Waals surface area contributed by atoms with E-state index in [1.807, 2.05) is 12.1 Å². The zero-order chi connectivity index (χ0) is 16.7. The van der Waals surface area contributed by atoms with E-state index >= 15 is 0 Å². The molecule has 4 nitrogen and oxygen atoms in total. The fourth-order valence-corrected chi connectivity index (χ4v) is 2.07. The van der Waals surface area contributed by atoms with Gasteiger partial charge in [-0.25, -0.2) is 4.39 Å². The van der Waals surface area contributed by atoms with Crippen LogP contribution in [0.3, 0.4) is 0 Å². The standard InChI is InChI=1S/C18H19FN2O2/c1-2-3-6-13-9-11-14(12-10-13)20-17(22)18(23)21-16-8-5-4-7-15(16)19/h4-5,7-12H,2-3,6H2,1H3,(H,20,22)(H,21,23). The Morgan fingerprint density at radius 1 is 0.957 bits per heavy atom. The van der Waals surface area contributed by atoms with Gasteiger partial charge in [-0.1, -0.05) is 37.6 Å². The van der Waals surface area contributed by atoms with Gasteiger partial charge >= 0.3 is 11.8 Å². The summed E-state index contributed by atoms with van der Waals surface area (Å²) in [6.07, 6.45) is 3.21. The van der Waals surface area contributed by atoms with Gasteiger partial charge in [0.15, 0.2) is 0 Å². The van der Waals surface area contributed by atoms with Crippen LogP contribution in [0.1, 0.15) is 25.3 Å². The summed E-state index contributed by atoms with van der Waals surface area (Å²) < 4.78 is 13.4. The Morgan fingerprint density at radius 3 is 2.26 bits per heavy atom. The van der Waals surface area contributed by atoms with Gasteiger partial charge in [-0.3, -0.25) is 9.59 Å². The molecule has 0 heterocycles. The normalized spacial score (nSPS) is 10.2. The van der Waals surface area contributed by atoms with Gasteiger partial charge in [0.2, 0.25) is 0 Å². The highest BCUT2D eigenvalue weighted by atomic mass is 19.1. The number of para-hydroxylation sites is 1. The molecule has 2 rings (SSSR count). The first-order valence-corrected chi connectivity index (χ1v) is 7.56. The summed E-state index contributed by atoms with van der Waals surface area (Å²) in [6, 6.07) is 13.0. The number of rotatable bonds is 5. The molecule has 23 heavy (non-hydrogen) atoms. The highest BCUT2D eigenvalue weighted by Gasteiger charge is 2.15. The van der Waals surface area contributed by atoms with Gasteiger partial charge in [-0.2, -0.15) is 0 Å². The van der Waals surface area contributed by atoms with Crippen LogP contribution < -0.4 is 10.6 Å². The molecule has 0 saturated carbocycles. The molecule has 0 radical (unpaired) electrons. The van der Waals surface area contributed by atoms with E-state index in [0.29, 0.717) is 5.69 Å². The molecule has 0 aliphatic rings. The fourth-order valence-electron chi connectivity index (χ4n) is 2.07. The van der Waals surface area contributed by atoms with E-state index in [1.54, 1.807) is 18.2 Å². The maximum atomic E-state index is 13.4. The Morgan fingerprint density at radius 2 is 1.61 bits per heavy atom. The third kappa shape index (κ3) is 4.92. The minimum Gasteiger partial charge on any atom is -0.318 e. The molecule has 0 aliphatic heterocycles. The molecule has 0 aliphatic carbocycles. The molecule has 0 unspecified atom stereocenters. The van der Waals surface area contributed by atoms with Crippen molar-refractivity contribution in [1.29, 1.82) is 0 Å². The zero-order valence-corrected chi connectivity index (χ0v) is 12.9.